The molecule has 0 aromatic heterocycles. The second-order valence-electron chi connectivity index (χ2n) is 6.48. The maximum atomic E-state index is 12.1. The molecule has 18 heavy (non-hydrogen) atoms. The molecule has 1 saturated heterocycles. The van der Waals surface area contributed by atoms with Crippen LogP contribution in [-0.4, -0.2) is 25.0 Å². The lowest BCUT2D eigenvalue weighted by Gasteiger charge is -2.26. The van der Waals surface area contributed by atoms with Gasteiger partial charge in [-0.15, -0.1) is 0 Å². The molecule has 2 atom stereocenters. The van der Waals surface area contributed by atoms with Crippen LogP contribution in [0.4, 0.5) is 0 Å². The summed E-state index contributed by atoms with van der Waals surface area (Å²) in [6, 6.07) is 0.327. The van der Waals surface area contributed by atoms with E-state index in [4.69, 9.17) is 0 Å². The van der Waals surface area contributed by atoms with Gasteiger partial charge < -0.3 is 10.6 Å². The zero-order chi connectivity index (χ0) is 13.6. The summed E-state index contributed by atoms with van der Waals surface area (Å²) in [7, 11) is 0. The van der Waals surface area contributed by atoms with Crippen molar-refractivity contribution in [2.75, 3.05) is 13.1 Å². The lowest BCUT2D eigenvalue weighted by Crippen LogP contribution is -2.41. The lowest BCUT2D eigenvalue weighted by atomic mass is 9.86. The van der Waals surface area contributed by atoms with E-state index in [1.165, 1.54) is 25.7 Å². The largest absolute Gasteiger partial charge is 0.355 e. The van der Waals surface area contributed by atoms with E-state index < -0.39 is 0 Å². The van der Waals surface area contributed by atoms with Crippen LogP contribution in [0.5, 0.6) is 0 Å². The van der Waals surface area contributed by atoms with E-state index in [0.29, 0.717) is 6.04 Å². The van der Waals surface area contributed by atoms with Crippen LogP contribution in [-0.2, 0) is 4.79 Å². The standard InChI is InChI=1S/C15H30N2O/c1-5-6-7-9-15(3,4)11-17-14(18)13-8-10-16-12(13)2/h12-13,16H,5-11H2,1-4H3,(H,17,18). The van der Waals surface area contributed by atoms with Gasteiger partial charge in [0.15, 0.2) is 0 Å². The summed E-state index contributed by atoms with van der Waals surface area (Å²) in [5.74, 6) is 0.396. The van der Waals surface area contributed by atoms with Crippen LogP contribution in [0.1, 0.15) is 59.8 Å². The van der Waals surface area contributed by atoms with E-state index in [1.807, 2.05) is 0 Å². The Bertz CT molecular complexity index is 263. The molecule has 1 fully saturated rings. The van der Waals surface area contributed by atoms with Crippen molar-refractivity contribution in [1.29, 1.82) is 0 Å². The van der Waals surface area contributed by atoms with Crippen molar-refractivity contribution in [3.05, 3.63) is 0 Å². The first-order valence-electron chi connectivity index (χ1n) is 7.47. The first kappa shape index (κ1) is 15.5. The normalized spacial score (nSPS) is 24.2. The van der Waals surface area contributed by atoms with Gasteiger partial charge in [0, 0.05) is 12.6 Å². The van der Waals surface area contributed by atoms with Crippen molar-refractivity contribution in [3.63, 3.8) is 0 Å². The fourth-order valence-electron chi connectivity index (χ4n) is 2.62. The molecule has 106 valence electrons. The quantitative estimate of drug-likeness (QED) is 0.686. The summed E-state index contributed by atoms with van der Waals surface area (Å²) in [6.45, 7) is 10.6. The highest BCUT2D eigenvalue weighted by Gasteiger charge is 2.30. The number of rotatable bonds is 7. The Kier molecular flexibility index (Phi) is 6.13. The summed E-state index contributed by atoms with van der Waals surface area (Å²) in [4.78, 5) is 12.1. The Balaban J connectivity index is 2.28. The van der Waals surface area contributed by atoms with E-state index in [9.17, 15) is 4.79 Å². The predicted molar refractivity (Wildman–Crippen MR) is 76.5 cm³/mol. The lowest BCUT2D eigenvalue weighted by molar-refractivity contribution is -0.125. The van der Waals surface area contributed by atoms with Gasteiger partial charge >= 0.3 is 0 Å². The van der Waals surface area contributed by atoms with Crippen molar-refractivity contribution >= 4 is 5.91 Å². The summed E-state index contributed by atoms with van der Waals surface area (Å²) in [5.41, 5.74) is 0.222. The van der Waals surface area contributed by atoms with E-state index in [1.54, 1.807) is 0 Å². The smallest absolute Gasteiger partial charge is 0.224 e. The number of hydrogen-bond donors (Lipinski definition) is 2. The van der Waals surface area contributed by atoms with Crippen molar-refractivity contribution in [3.8, 4) is 0 Å². The van der Waals surface area contributed by atoms with Gasteiger partial charge in [-0.3, -0.25) is 4.79 Å². The van der Waals surface area contributed by atoms with Crippen molar-refractivity contribution < 1.29 is 4.79 Å². The predicted octanol–water partition coefficient (Wildman–Crippen LogP) is 2.71. The minimum atomic E-state index is 0.163. The highest BCUT2D eigenvalue weighted by Crippen LogP contribution is 2.23. The Labute approximate surface area is 112 Å². The summed E-state index contributed by atoms with van der Waals surface area (Å²) < 4.78 is 0. The molecule has 3 nitrogen and oxygen atoms in total. The molecule has 1 amide bonds. The molecule has 0 spiro atoms. The molecule has 1 aliphatic heterocycles. The number of unbranched alkanes of at least 4 members (excludes halogenated alkanes) is 2. The first-order valence-corrected chi connectivity index (χ1v) is 7.47. The maximum absolute atomic E-state index is 12.1. The Hall–Kier alpha value is -0.570. The van der Waals surface area contributed by atoms with Gasteiger partial charge in [0.05, 0.1) is 5.92 Å². The molecule has 0 aliphatic carbocycles. The molecule has 2 unspecified atom stereocenters. The summed E-state index contributed by atoms with van der Waals surface area (Å²) >= 11 is 0. The average molecular weight is 254 g/mol. The van der Waals surface area contributed by atoms with Gasteiger partial charge in [-0.25, -0.2) is 0 Å². The first-order chi connectivity index (χ1) is 8.46. The fourth-order valence-corrected chi connectivity index (χ4v) is 2.62. The van der Waals surface area contributed by atoms with Crippen molar-refractivity contribution in [2.45, 2.75) is 65.8 Å². The van der Waals surface area contributed by atoms with Gasteiger partial charge in [-0.05, 0) is 31.7 Å². The van der Waals surface area contributed by atoms with Crippen LogP contribution in [0.3, 0.4) is 0 Å². The Morgan fingerprint density at radius 1 is 1.39 bits per heavy atom. The SMILES string of the molecule is CCCCCC(C)(C)CNC(=O)C1CCNC1C. The number of nitrogens with one attached hydrogen (secondary N) is 2. The number of amides is 1. The Morgan fingerprint density at radius 2 is 2.11 bits per heavy atom. The molecular formula is C15H30N2O. The molecule has 1 heterocycles. The third-order valence-corrected chi connectivity index (χ3v) is 4.06. The van der Waals surface area contributed by atoms with Crippen LogP contribution in [0.2, 0.25) is 0 Å². The van der Waals surface area contributed by atoms with Crippen molar-refractivity contribution in [1.82, 2.24) is 10.6 Å². The molecule has 1 aliphatic rings. The third-order valence-electron chi connectivity index (χ3n) is 4.06. The van der Waals surface area contributed by atoms with Gasteiger partial charge in [0.1, 0.15) is 0 Å². The molecule has 0 aromatic carbocycles. The van der Waals surface area contributed by atoms with Crippen LogP contribution in [0.25, 0.3) is 0 Å². The molecule has 0 aromatic rings. The second kappa shape index (κ2) is 7.13. The molecule has 0 radical (unpaired) electrons. The third kappa shape index (κ3) is 4.97. The van der Waals surface area contributed by atoms with Crippen LogP contribution in [0, 0.1) is 11.3 Å². The van der Waals surface area contributed by atoms with E-state index >= 15 is 0 Å². The maximum Gasteiger partial charge on any atom is 0.224 e. The van der Waals surface area contributed by atoms with Crippen LogP contribution >= 0.6 is 0 Å². The zero-order valence-corrected chi connectivity index (χ0v) is 12.5. The van der Waals surface area contributed by atoms with Gasteiger partial charge in [0.2, 0.25) is 5.91 Å². The van der Waals surface area contributed by atoms with E-state index in [0.717, 1.165) is 19.5 Å². The highest BCUT2D eigenvalue weighted by molar-refractivity contribution is 5.79. The molecule has 2 N–H and O–H groups in total. The molecule has 1 rings (SSSR count). The van der Waals surface area contributed by atoms with Crippen LogP contribution < -0.4 is 10.6 Å². The van der Waals surface area contributed by atoms with Crippen molar-refractivity contribution in [2.24, 2.45) is 11.3 Å². The topological polar surface area (TPSA) is 41.1 Å². The summed E-state index contributed by atoms with van der Waals surface area (Å²) in [6.07, 6.45) is 5.98. The average Bonchev–Trinajstić information content (AvgIpc) is 2.73. The fraction of sp³-hybridized carbons (Fsp3) is 0.933. The highest BCUT2D eigenvalue weighted by atomic mass is 16.1. The van der Waals surface area contributed by atoms with Crippen LogP contribution in [0.15, 0.2) is 0 Å². The van der Waals surface area contributed by atoms with E-state index in [-0.39, 0.29) is 17.2 Å². The second-order valence-corrected chi connectivity index (χ2v) is 6.48. The van der Waals surface area contributed by atoms with E-state index in [2.05, 4.69) is 38.3 Å². The molecule has 0 saturated carbocycles. The molecule has 0 bridgehead atoms. The molecule has 3 heteroatoms. The van der Waals surface area contributed by atoms with Gasteiger partial charge in [-0.1, -0.05) is 40.0 Å². The minimum Gasteiger partial charge on any atom is -0.355 e. The van der Waals surface area contributed by atoms with Gasteiger partial charge in [0.25, 0.3) is 0 Å². The number of carbonyl (C=O) groups is 1. The molecular weight excluding hydrogens is 224 g/mol. The number of hydrogen-bond acceptors (Lipinski definition) is 2. The monoisotopic (exact) mass is 254 g/mol. The minimum absolute atomic E-state index is 0.163. The zero-order valence-electron chi connectivity index (χ0n) is 12.5. The summed E-state index contributed by atoms with van der Waals surface area (Å²) in [5, 5.41) is 6.47. The number of carbonyl (C=O) groups excluding carboxylic acids is 1. The Morgan fingerprint density at radius 3 is 2.67 bits per heavy atom. The van der Waals surface area contributed by atoms with Gasteiger partial charge in [-0.2, -0.15) is 0 Å².